The number of likely N-dealkylation sites (N-methyl/N-ethyl adjacent to an activating group) is 1. The van der Waals surface area contributed by atoms with Crippen LogP contribution in [0.25, 0.3) is 0 Å². The van der Waals surface area contributed by atoms with Crippen LogP contribution in [0.1, 0.15) is 44.2 Å². The third kappa shape index (κ3) is 5.10. The predicted octanol–water partition coefficient (Wildman–Crippen LogP) is 2.79. The van der Waals surface area contributed by atoms with E-state index in [2.05, 4.69) is 0 Å². The molecule has 2 heterocycles. The number of Topliss-reactive ketones (excluding diaryl/α,β-unsaturated/α-hetero) is 1. The van der Waals surface area contributed by atoms with Crippen molar-refractivity contribution in [3.8, 4) is 0 Å². The summed E-state index contributed by atoms with van der Waals surface area (Å²) < 4.78 is 10.6. The summed E-state index contributed by atoms with van der Waals surface area (Å²) in [6.45, 7) is 7.22. The summed E-state index contributed by atoms with van der Waals surface area (Å²) >= 11 is 0. The van der Waals surface area contributed by atoms with Crippen molar-refractivity contribution in [3.63, 3.8) is 0 Å². The van der Waals surface area contributed by atoms with Crippen LogP contribution in [0.15, 0.2) is 22.8 Å². The number of likely N-dealkylation sites (tertiary alicyclic amines) is 1. The first-order valence-electron chi connectivity index (χ1n) is 8.01. The van der Waals surface area contributed by atoms with E-state index in [1.54, 1.807) is 17.0 Å². The lowest BCUT2D eigenvalue weighted by atomic mass is 10.2. The number of amides is 1. The zero-order valence-corrected chi connectivity index (χ0v) is 14.4. The van der Waals surface area contributed by atoms with Crippen LogP contribution in [0.3, 0.4) is 0 Å². The topological polar surface area (TPSA) is 63.0 Å². The van der Waals surface area contributed by atoms with Gasteiger partial charge in [0.25, 0.3) is 0 Å². The second-order valence-corrected chi connectivity index (χ2v) is 7.07. The predicted molar refractivity (Wildman–Crippen MR) is 86.5 cm³/mol. The van der Waals surface area contributed by atoms with E-state index in [4.69, 9.17) is 9.15 Å². The van der Waals surface area contributed by atoms with Crippen LogP contribution in [0, 0.1) is 0 Å². The van der Waals surface area contributed by atoms with E-state index >= 15 is 0 Å². The van der Waals surface area contributed by atoms with Gasteiger partial charge in [0.15, 0.2) is 5.76 Å². The van der Waals surface area contributed by atoms with Crippen LogP contribution in [0.4, 0.5) is 4.79 Å². The van der Waals surface area contributed by atoms with Crippen LogP contribution in [-0.4, -0.2) is 60.0 Å². The molecular weight excluding hydrogens is 296 g/mol. The molecule has 1 aliphatic heterocycles. The number of nitrogens with zero attached hydrogens (tertiary/aromatic N) is 2. The van der Waals surface area contributed by atoms with Gasteiger partial charge in [0, 0.05) is 19.1 Å². The maximum atomic E-state index is 12.3. The second-order valence-electron chi connectivity index (χ2n) is 7.07. The average Bonchev–Trinajstić information content (AvgIpc) is 3.06. The normalized spacial score (nSPS) is 18.5. The fraction of sp³-hybridized carbons (Fsp3) is 0.647. The molecule has 0 unspecified atom stereocenters. The molecule has 0 N–H and O–H groups in total. The van der Waals surface area contributed by atoms with Crippen molar-refractivity contribution in [1.82, 2.24) is 9.80 Å². The summed E-state index contributed by atoms with van der Waals surface area (Å²) in [6, 6.07) is 3.45. The molecular formula is C17H26N2O4. The van der Waals surface area contributed by atoms with Gasteiger partial charge in [-0.25, -0.2) is 4.79 Å². The molecule has 1 amide bonds. The Labute approximate surface area is 137 Å². The number of ketones is 1. The fourth-order valence-corrected chi connectivity index (χ4v) is 2.77. The lowest BCUT2D eigenvalue weighted by Crippen LogP contribution is -2.45. The van der Waals surface area contributed by atoms with Crippen LogP contribution in [0.5, 0.6) is 0 Å². The van der Waals surface area contributed by atoms with E-state index in [0.29, 0.717) is 18.8 Å². The zero-order valence-electron chi connectivity index (χ0n) is 14.4. The largest absolute Gasteiger partial charge is 0.461 e. The number of rotatable bonds is 5. The summed E-state index contributed by atoms with van der Waals surface area (Å²) in [5.74, 6) is 0.312. The molecule has 1 fully saturated rings. The van der Waals surface area contributed by atoms with Crippen molar-refractivity contribution in [2.24, 2.45) is 0 Å². The number of carbonyl (C=O) groups is 2. The Morgan fingerprint density at radius 2 is 2.17 bits per heavy atom. The SMILES string of the molecule is CN(CC(=O)c1ccco1)C[C@@H]1CCCN1C(=O)OC(C)(C)C. The van der Waals surface area contributed by atoms with Gasteiger partial charge in [-0.05, 0) is 52.8 Å². The van der Waals surface area contributed by atoms with Crippen molar-refractivity contribution in [2.45, 2.75) is 45.3 Å². The minimum Gasteiger partial charge on any atom is -0.461 e. The third-order valence-corrected chi connectivity index (χ3v) is 3.74. The van der Waals surface area contributed by atoms with Gasteiger partial charge < -0.3 is 14.1 Å². The Hall–Kier alpha value is -1.82. The molecule has 1 aromatic heterocycles. The first kappa shape index (κ1) is 17.5. The molecule has 0 spiro atoms. The highest BCUT2D eigenvalue weighted by Crippen LogP contribution is 2.21. The molecule has 1 saturated heterocycles. The molecule has 6 heteroatoms. The minimum absolute atomic E-state index is 0.0562. The Kier molecular flexibility index (Phi) is 5.46. The second kappa shape index (κ2) is 7.17. The highest BCUT2D eigenvalue weighted by atomic mass is 16.6. The number of carbonyl (C=O) groups excluding carboxylic acids is 2. The van der Waals surface area contributed by atoms with Gasteiger partial charge in [-0.1, -0.05) is 0 Å². The van der Waals surface area contributed by atoms with Gasteiger partial charge in [0.2, 0.25) is 5.78 Å². The molecule has 0 aliphatic carbocycles. The molecule has 6 nitrogen and oxygen atoms in total. The molecule has 1 atom stereocenters. The molecule has 1 aromatic rings. The Morgan fingerprint density at radius 1 is 1.43 bits per heavy atom. The summed E-state index contributed by atoms with van der Waals surface area (Å²) in [6.07, 6.45) is 3.11. The van der Waals surface area contributed by atoms with Gasteiger partial charge in [0.05, 0.1) is 12.8 Å². The van der Waals surface area contributed by atoms with E-state index in [-0.39, 0.29) is 24.5 Å². The summed E-state index contributed by atoms with van der Waals surface area (Å²) in [5, 5.41) is 0. The Morgan fingerprint density at radius 3 is 2.78 bits per heavy atom. The van der Waals surface area contributed by atoms with Gasteiger partial charge in [0.1, 0.15) is 5.60 Å². The highest BCUT2D eigenvalue weighted by molar-refractivity contribution is 5.94. The molecule has 0 saturated carbocycles. The standard InChI is InChI=1S/C17H26N2O4/c1-17(2,3)23-16(21)19-9-5-7-13(19)11-18(4)12-14(20)15-8-6-10-22-15/h6,8,10,13H,5,7,9,11-12H2,1-4H3/t13-/m0/s1. The molecule has 0 radical (unpaired) electrons. The van der Waals surface area contributed by atoms with Gasteiger partial charge >= 0.3 is 6.09 Å². The molecule has 1 aliphatic rings. The first-order valence-corrected chi connectivity index (χ1v) is 8.01. The van der Waals surface area contributed by atoms with Gasteiger partial charge in [-0.3, -0.25) is 9.69 Å². The summed E-state index contributed by atoms with van der Waals surface area (Å²) in [4.78, 5) is 28.0. The molecule has 0 bridgehead atoms. The smallest absolute Gasteiger partial charge is 0.410 e. The van der Waals surface area contributed by atoms with E-state index in [9.17, 15) is 9.59 Å². The molecule has 2 rings (SSSR count). The fourth-order valence-electron chi connectivity index (χ4n) is 2.77. The quantitative estimate of drug-likeness (QED) is 0.780. The maximum Gasteiger partial charge on any atom is 0.410 e. The lowest BCUT2D eigenvalue weighted by molar-refractivity contribution is 0.0204. The number of ether oxygens (including phenoxy) is 1. The van der Waals surface area contributed by atoms with E-state index in [1.165, 1.54) is 6.26 Å². The molecule has 0 aromatic carbocycles. The monoisotopic (exact) mass is 322 g/mol. The van der Waals surface area contributed by atoms with Crippen molar-refractivity contribution in [2.75, 3.05) is 26.7 Å². The van der Waals surface area contributed by atoms with Gasteiger partial charge in [-0.2, -0.15) is 0 Å². The van der Waals surface area contributed by atoms with E-state index in [0.717, 1.165) is 12.8 Å². The summed E-state index contributed by atoms with van der Waals surface area (Å²) in [7, 11) is 1.88. The first-order chi connectivity index (χ1) is 10.8. The van der Waals surface area contributed by atoms with Crippen molar-refractivity contribution in [3.05, 3.63) is 24.2 Å². The number of furan rings is 1. The third-order valence-electron chi connectivity index (χ3n) is 3.74. The highest BCUT2D eigenvalue weighted by Gasteiger charge is 2.33. The van der Waals surface area contributed by atoms with Crippen LogP contribution >= 0.6 is 0 Å². The minimum atomic E-state index is -0.495. The Balaban J connectivity index is 1.88. The summed E-state index contributed by atoms with van der Waals surface area (Å²) in [5.41, 5.74) is -0.495. The Bertz CT molecular complexity index is 533. The van der Waals surface area contributed by atoms with Gasteiger partial charge in [-0.15, -0.1) is 0 Å². The van der Waals surface area contributed by atoms with Crippen molar-refractivity contribution < 1.29 is 18.7 Å². The van der Waals surface area contributed by atoms with Crippen LogP contribution < -0.4 is 0 Å². The number of hydrogen-bond acceptors (Lipinski definition) is 5. The van der Waals surface area contributed by atoms with Crippen molar-refractivity contribution in [1.29, 1.82) is 0 Å². The molecule has 128 valence electrons. The van der Waals surface area contributed by atoms with Crippen LogP contribution in [0.2, 0.25) is 0 Å². The molecule has 23 heavy (non-hydrogen) atoms. The zero-order chi connectivity index (χ0) is 17.0. The maximum absolute atomic E-state index is 12.3. The van der Waals surface area contributed by atoms with E-state index < -0.39 is 5.60 Å². The number of hydrogen-bond donors (Lipinski definition) is 0. The lowest BCUT2D eigenvalue weighted by Gasteiger charge is -2.30. The average molecular weight is 322 g/mol. The van der Waals surface area contributed by atoms with Crippen molar-refractivity contribution >= 4 is 11.9 Å². The van der Waals surface area contributed by atoms with Crippen LogP contribution in [-0.2, 0) is 4.74 Å². The van der Waals surface area contributed by atoms with E-state index in [1.807, 2.05) is 32.7 Å².